The quantitative estimate of drug-likeness (QED) is 0.452. The van der Waals surface area contributed by atoms with Gasteiger partial charge >= 0.3 is 0 Å². The first-order valence-corrected chi connectivity index (χ1v) is 5.00. The molecule has 0 aromatic carbocycles. The van der Waals surface area contributed by atoms with Crippen LogP contribution >= 0.6 is 0 Å². The van der Waals surface area contributed by atoms with Crippen molar-refractivity contribution in [2.24, 2.45) is 0 Å². The number of hydrazine groups is 1. The van der Waals surface area contributed by atoms with Crippen LogP contribution in [0.3, 0.4) is 0 Å². The number of hydrogen-bond donors (Lipinski definition) is 2. The lowest BCUT2D eigenvalue weighted by Gasteiger charge is -2.27. The van der Waals surface area contributed by atoms with Gasteiger partial charge in [-0.2, -0.15) is 0 Å². The number of hydrogen-bond acceptors (Lipinski definition) is 3. The van der Waals surface area contributed by atoms with Crippen LogP contribution in [0.1, 0.15) is 26.2 Å². The van der Waals surface area contributed by atoms with Gasteiger partial charge in [0.1, 0.15) is 0 Å². The van der Waals surface area contributed by atoms with Gasteiger partial charge in [-0.25, -0.2) is 0 Å². The van der Waals surface area contributed by atoms with Gasteiger partial charge in [-0.05, 0) is 26.4 Å². The van der Waals surface area contributed by atoms with Crippen molar-refractivity contribution in [2.45, 2.75) is 32.2 Å². The summed E-state index contributed by atoms with van der Waals surface area (Å²) >= 11 is 0. The van der Waals surface area contributed by atoms with Crippen LogP contribution in [0.5, 0.6) is 0 Å². The maximum atomic E-state index is 3.32. The molecule has 2 N–H and O–H groups in total. The Balaban J connectivity index is 1.82. The predicted molar refractivity (Wildman–Crippen MR) is 51.9 cm³/mol. The van der Waals surface area contributed by atoms with Crippen LogP contribution in [0.25, 0.3) is 0 Å². The highest BCUT2D eigenvalue weighted by atomic mass is 15.4. The molecule has 1 rings (SSSR count). The van der Waals surface area contributed by atoms with Crippen molar-refractivity contribution < 1.29 is 0 Å². The molecule has 0 atom stereocenters. The zero-order valence-electron chi connectivity index (χ0n) is 8.27. The lowest BCUT2D eigenvalue weighted by atomic mass is 9.94. The fraction of sp³-hybridized carbons (Fsp3) is 1.00. The highest BCUT2D eigenvalue weighted by Crippen LogP contribution is 2.16. The molecule has 0 aliphatic heterocycles. The van der Waals surface area contributed by atoms with E-state index in [1.165, 1.54) is 19.3 Å². The SMILES string of the molecule is CCN(C)CCNNC1CCC1. The normalized spacial score (nSPS) is 18.2. The third kappa shape index (κ3) is 3.52. The number of likely N-dealkylation sites (N-methyl/N-ethyl adjacent to an activating group) is 1. The van der Waals surface area contributed by atoms with Gasteiger partial charge in [-0.1, -0.05) is 13.3 Å². The molecule has 1 fully saturated rings. The third-order valence-corrected chi connectivity index (χ3v) is 2.57. The maximum absolute atomic E-state index is 3.32. The van der Waals surface area contributed by atoms with Crippen LogP contribution in [0.15, 0.2) is 0 Å². The van der Waals surface area contributed by atoms with Crippen molar-refractivity contribution in [2.75, 3.05) is 26.7 Å². The van der Waals surface area contributed by atoms with Gasteiger partial charge in [0, 0.05) is 19.1 Å². The van der Waals surface area contributed by atoms with Gasteiger partial charge in [0.25, 0.3) is 0 Å². The minimum Gasteiger partial charge on any atom is -0.305 e. The molecule has 1 saturated carbocycles. The highest BCUT2D eigenvalue weighted by molar-refractivity contribution is 4.74. The fourth-order valence-corrected chi connectivity index (χ4v) is 1.17. The Hall–Kier alpha value is -0.120. The van der Waals surface area contributed by atoms with Crippen molar-refractivity contribution in [1.82, 2.24) is 15.8 Å². The molecule has 3 nitrogen and oxygen atoms in total. The lowest BCUT2D eigenvalue weighted by molar-refractivity contribution is 0.280. The van der Waals surface area contributed by atoms with E-state index in [1.807, 2.05) is 0 Å². The van der Waals surface area contributed by atoms with Gasteiger partial charge in [0.2, 0.25) is 0 Å². The van der Waals surface area contributed by atoms with Crippen molar-refractivity contribution in [3.63, 3.8) is 0 Å². The molecular weight excluding hydrogens is 150 g/mol. The first kappa shape index (κ1) is 9.96. The summed E-state index contributed by atoms with van der Waals surface area (Å²) in [6.45, 7) is 5.47. The maximum Gasteiger partial charge on any atom is 0.0228 e. The van der Waals surface area contributed by atoms with E-state index in [0.717, 1.165) is 25.7 Å². The average Bonchev–Trinajstić information content (AvgIpc) is 2.00. The molecule has 0 amide bonds. The fourth-order valence-electron chi connectivity index (χ4n) is 1.17. The van der Waals surface area contributed by atoms with Crippen LogP contribution in [-0.2, 0) is 0 Å². The monoisotopic (exact) mass is 171 g/mol. The molecule has 1 aliphatic carbocycles. The average molecular weight is 171 g/mol. The van der Waals surface area contributed by atoms with Gasteiger partial charge in [-0.15, -0.1) is 0 Å². The van der Waals surface area contributed by atoms with E-state index in [0.29, 0.717) is 0 Å². The molecule has 0 aromatic heterocycles. The van der Waals surface area contributed by atoms with E-state index in [1.54, 1.807) is 0 Å². The second kappa shape index (κ2) is 5.51. The van der Waals surface area contributed by atoms with Crippen LogP contribution in [-0.4, -0.2) is 37.6 Å². The topological polar surface area (TPSA) is 27.3 Å². The number of nitrogens with zero attached hydrogens (tertiary/aromatic N) is 1. The Kier molecular flexibility index (Phi) is 4.58. The second-order valence-corrected chi connectivity index (χ2v) is 3.59. The van der Waals surface area contributed by atoms with Crippen molar-refractivity contribution in [1.29, 1.82) is 0 Å². The second-order valence-electron chi connectivity index (χ2n) is 3.59. The van der Waals surface area contributed by atoms with Gasteiger partial charge in [0.15, 0.2) is 0 Å². The van der Waals surface area contributed by atoms with E-state index in [-0.39, 0.29) is 0 Å². The Bertz CT molecular complexity index is 106. The largest absolute Gasteiger partial charge is 0.305 e. The summed E-state index contributed by atoms with van der Waals surface area (Å²) in [5.74, 6) is 0. The Morgan fingerprint density at radius 2 is 2.17 bits per heavy atom. The first-order valence-electron chi connectivity index (χ1n) is 5.00. The number of nitrogens with one attached hydrogen (secondary N) is 2. The highest BCUT2D eigenvalue weighted by Gasteiger charge is 2.15. The first-order chi connectivity index (χ1) is 5.83. The molecule has 0 unspecified atom stereocenters. The van der Waals surface area contributed by atoms with Gasteiger partial charge in [0.05, 0.1) is 0 Å². The Morgan fingerprint density at radius 1 is 1.42 bits per heavy atom. The molecule has 0 spiro atoms. The summed E-state index contributed by atoms with van der Waals surface area (Å²) in [4.78, 5) is 2.30. The van der Waals surface area contributed by atoms with E-state index >= 15 is 0 Å². The molecule has 0 aromatic rings. The molecule has 0 saturated heterocycles. The van der Waals surface area contributed by atoms with E-state index in [2.05, 4.69) is 29.7 Å². The zero-order chi connectivity index (χ0) is 8.81. The standard InChI is InChI=1S/C9H21N3/c1-3-12(2)8-7-10-11-9-5-4-6-9/h9-11H,3-8H2,1-2H3. The zero-order valence-corrected chi connectivity index (χ0v) is 8.27. The predicted octanol–water partition coefficient (Wildman–Crippen LogP) is 0.585. The smallest absolute Gasteiger partial charge is 0.0228 e. The van der Waals surface area contributed by atoms with E-state index < -0.39 is 0 Å². The van der Waals surface area contributed by atoms with Gasteiger partial charge in [-0.3, -0.25) is 10.9 Å². The van der Waals surface area contributed by atoms with Crippen molar-refractivity contribution in [3.05, 3.63) is 0 Å². The minimum atomic E-state index is 0.747. The molecule has 0 heterocycles. The molecule has 72 valence electrons. The summed E-state index contributed by atoms with van der Waals surface area (Å²) in [7, 11) is 2.14. The molecule has 1 aliphatic rings. The van der Waals surface area contributed by atoms with Crippen LogP contribution in [0, 0.1) is 0 Å². The Morgan fingerprint density at radius 3 is 2.67 bits per heavy atom. The van der Waals surface area contributed by atoms with E-state index in [9.17, 15) is 0 Å². The summed E-state index contributed by atoms with van der Waals surface area (Å²) in [6.07, 6.45) is 4.08. The molecule has 0 radical (unpaired) electrons. The lowest BCUT2D eigenvalue weighted by Crippen LogP contribution is -2.46. The van der Waals surface area contributed by atoms with Crippen molar-refractivity contribution in [3.8, 4) is 0 Å². The van der Waals surface area contributed by atoms with E-state index in [4.69, 9.17) is 0 Å². The third-order valence-electron chi connectivity index (χ3n) is 2.57. The minimum absolute atomic E-state index is 0.747. The summed E-state index contributed by atoms with van der Waals surface area (Å²) in [5, 5.41) is 0. The number of rotatable bonds is 6. The summed E-state index contributed by atoms with van der Waals surface area (Å²) < 4.78 is 0. The van der Waals surface area contributed by atoms with Gasteiger partial charge < -0.3 is 4.90 Å². The van der Waals surface area contributed by atoms with Crippen LogP contribution < -0.4 is 10.9 Å². The van der Waals surface area contributed by atoms with Crippen molar-refractivity contribution >= 4 is 0 Å². The molecule has 0 bridgehead atoms. The van der Waals surface area contributed by atoms with Crippen LogP contribution in [0.2, 0.25) is 0 Å². The molecular formula is C9H21N3. The molecule has 3 heteroatoms. The molecule has 12 heavy (non-hydrogen) atoms. The Labute approximate surface area is 75.5 Å². The van der Waals surface area contributed by atoms with Crippen LogP contribution in [0.4, 0.5) is 0 Å². The summed E-state index contributed by atoms with van der Waals surface area (Å²) in [5.41, 5.74) is 6.58. The summed E-state index contributed by atoms with van der Waals surface area (Å²) in [6, 6.07) is 0.747.